The number of carbonyl (C=O) groups is 1. The normalized spacial score (nSPS) is 12.6. The summed E-state index contributed by atoms with van der Waals surface area (Å²) in [6.07, 6.45) is 6.21. The number of fused-ring (bicyclic) bond motifs is 1. The van der Waals surface area contributed by atoms with Crippen molar-refractivity contribution in [3.8, 4) is 16.9 Å². The highest BCUT2D eigenvalue weighted by Crippen LogP contribution is 2.30. The molecule has 0 atom stereocenters. The lowest BCUT2D eigenvalue weighted by Gasteiger charge is -2.21. The number of aromatic nitrogens is 1. The van der Waals surface area contributed by atoms with Crippen molar-refractivity contribution in [2.75, 3.05) is 26.3 Å². The minimum atomic E-state index is -0.0821. The van der Waals surface area contributed by atoms with Crippen molar-refractivity contribution in [2.45, 2.75) is 26.2 Å². The van der Waals surface area contributed by atoms with Gasteiger partial charge in [0.2, 0.25) is 0 Å². The van der Waals surface area contributed by atoms with Gasteiger partial charge in [-0.15, -0.1) is 0 Å². The van der Waals surface area contributed by atoms with E-state index in [4.69, 9.17) is 4.74 Å². The molecule has 1 aromatic carbocycles. The number of hydrogen-bond acceptors (Lipinski definition) is 4. The van der Waals surface area contributed by atoms with E-state index >= 15 is 0 Å². The fourth-order valence-electron chi connectivity index (χ4n) is 3.05. The molecule has 5 heteroatoms. The van der Waals surface area contributed by atoms with E-state index in [-0.39, 0.29) is 12.5 Å². The highest BCUT2D eigenvalue weighted by atomic mass is 16.5. The molecule has 1 aliphatic rings. The summed E-state index contributed by atoms with van der Waals surface area (Å²) in [6, 6.07) is 7.96. The predicted octanol–water partition coefficient (Wildman–Crippen LogP) is 2.92. The lowest BCUT2D eigenvalue weighted by molar-refractivity contribution is 0.0719. The number of carbonyl (C=O) groups excluding carboxylic acids is 1. The summed E-state index contributed by atoms with van der Waals surface area (Å²) < 4.78 is 5.55. The molecule has 0 spiro atoms. The van der Waals surface area contributed by atoms with E-state index in [1.54, 1.807) is 17.3 Å². The predicted molar refractivity (Wildman–Crippen MR) is 96.8 cm³/mol. The second-order valence-corrected chi connectivity index (χ2v) is 6.25. The van der Waals surface area contributed by atoms with Crippen LogP contribution in [-0.2, 0) is 6.42 Å². The number of nitrogens with zero attached hydrogens (tertiary/aromatic N) is 2. The van der Waals surface area contributed by atoms with Gasteiger partial charge in [-0.2, -0.15) is 0 Å². The molecule has 2 aromatic rings. The first-order chi connectivity index (χ1) is 12.2. The zero-order valence-electron chi connectivity index (χ0n) is 14.6. The van der Waals surface area contributed by atoms with Crippen LogP contribution in [0.2, 0.25) is 0 Å². The summed E-state index contributed by atoms with van der Waals surface area (Å²) >= 11 is 0. The second kappa shape index (κ2) is 8.12. The van der Waals surface area contributed by atoms with Crippen LogP contribution in [0.4, 0.5) is 0 Å². The number of rotatable bonds is 7. The molecule has 1 aliphatic heterocycles. The van der Waals surface area contributed by atoms with E-state index < -0.39 is 0 Å². The molecule has 3 rings (SSSR count). The standard InChI is InChI=1S/C20H24N2O3/c1-2-3-7-22(8-9-23)20(24)18-12-17(13-21-14-18)15-4-5-19-16(11-15)6-10-25-19/h4-5,11-14,23H,2-3,6-10H2,1H3. The molecular formula is C20H24N2O3. The molecule has 0 aliphatic carbocycles. The van der Waals surface area contributed by atoms with Gasteiger partial charge in [-0.3, -0.25) is 9.78 Å². The van der Waals surface area contributed by atoms with Gasteiger partial charge >= 0.3 is 0 Å². The van der Waals surface area contributed by atoms with Crippen LogP contribution in [0.5, 0.6) is 5.75 Å². The average Bonchev–Trinajstić information content (AvgIpc) is 3.12. The van der Waals surface area contributed by atoms with Crippen LogP contribution in [0.25, 0.3) is 11.1 Å². The van der Waals surface area contributed by atoms with Crippen LogP contribution >= 0.6 is 0 Å². The van der Waals surface area contributed by atoms with Crippen molar-refractivity contribution in [2.24, 2.45) is 0 Å². The summed E-state index contributed by atoms with van der Waals surface area (Å²) in [4.78, 5) is 18.7. The van der Waals surface area contributed by atoms with Crippen molar-refractivity contribution in [3.63, 3.8) is 0 Å². The molecule has 0 fully saturated rings. The van der Waals surface area contributed by atoms with Crippen molar-refractivity contribution in [1.29, 1.82) is 0 Å². The molecule has 132 valence electrons. The fourth-order valence-corrected chi connectivity index (χ4v) is 3.05. The third-order valence-electron chi connectivity index (χ3n) is 4.45. The van der Waals surface area contributed by atoms with Gasteiger partial charge in [0.15, 0.2) is 0 Å². The number of benzene rings is 1. The molecular weight excluding hydrogens is 316 g/mol. The maximum Gasteiger partial charge on any atom is 0.255 e. The Bertz CT molecular complexity index is 745. The molecule has 0 radical (unpaired) electrons. The third-order valence-corrected chi connectivity index (χ3v) is 4.45. The summed E-state index contributed by atoms with van der Waals surface area (Å²) in [5.74, 6) is 0.860. The summed E-state index contributed by atoms with van der Waals surface area (Å²) in [6.45, 7) is 3.77. The quantitative estimate of drug-likeness (QED) is 0.842. The Morgan fingerprint density at radius 1 is 1.24 bits per heavy atom. The Morgan fingerprint density at radius 2 is 2.12 bits per heavy atom. The largest absolute Gasteiger partial charge is 0.493 e. The van der Waals surface area contributed by atoms with Gasteiger partial charge in [-0.05, 0) is 35.7 Å². The van der Waals surface area contributed by atoms with E-state index in [0.29, 0.717) is 18.7 Å². The Kier molecular flexibility index (Phi) is 5.66. The van der Waals surface area contributed by atoms with Gasteiger partial charge in [-0.1, -0.05) is 19.4 Å². The Morgan fingerprint density at radius 3 is 2.92 bits per heavy atom. The van der Waals surface area contributed by atoms with E-state index in [2.05, 4.69) is 18.0 Å². The van der Waals surface area contributed by atoms with Gasteiger partial charge in [-0.25, -0.2) is 0 Å². The van der Waals surface area contributed by atoms with E-state index in [0.717, 1.165) is 42.7 Å². The lowest BCUT2D eigenvalue weighted by atomic mass is 10.0. The summed E-state index contributed by atoms with van der Waals surface area (Å²) in [5, 5.41) is 9.23. The Balaban J connectivity index is 1.84. The highest BCUT2D eigenvalue weighted by molar-refractivity contribution is 5.95. The van der Waals surface area contributed by atoms with Gasteiger partial charge in [0.1, 0.15) is 5.75 Å². The maximum atomic E-state index is 12.8. The molecule has 1 aromatic heterocycles. The minimum Gasteiger partial charge on any atom is -0.493 e. The molecule has 0 saturated heterocycles. The van der Waals surface area contributed by atoms with Crippen molar-refractivity contribution in [3.05, 3.63) is 47.8 Å². The number of amides is 1. The van der Waals surface area contributed by atoms with Gasteiger partial charge in [0.25, 0.3) is 5.91 Å². The average molecular weight is 340 g/mol. The van der Waals surface area contributed by atoms with Crippen molar-refractivity contribution < 1.29 is 14.6 Å². The molecule has 0 saturated carbocycles. The molecule has 2 heterocycles. The SMILES string of the molecule is CCCCN(CCO)C(=O)c1cncc(-c2ccc3c(c2)CCO3)c1. The lowest BCUT2D eigenvalue weighted by Crippen LogP contribution is -2.34. The van der Waals surface area contributed by atoms with Crippen LogP contribution in [0.15, 0.2) is 36.7 Å². The number of aliphatic hydroxyl groups excluding tert-OH is 1. The molecule has 1 N–H and O–H groups in total. The summed E-state index contributed by atoms with van der Waals surface area (Å²) in [7, 11) is 0. The summed E-state index contributed by atoms with van der Waals surface area (Å²) in [5.41, 5.74) is 3.70. The molecule has 25 heavy (non-hydrogen) atoms. The van der Waals surface area contributed by atoms with Crippen molar-refractivity contribution in [1.82, 2.24) is 9.88 Å². The van der Waals surface area contributed by atoms with E-state index in [9.17, 15) is 9.90 Å². The molecule has 0 bridgehead atoms. The zero-order chi connectivity index (χ0) is 17.6. The number of hydrogen-bond donors (Lipinski definition) is 1. The molecule has 5 nitrogen and oxygen atoms in total. The fraction of sp³-hybridized carbons (Fsp3) is 0.400. The van der Waals surface area contributed by atoms with Crippen LogP contribution in [0.3, 0.4) is 0 Å². The van der Waals surface area contributed by atoms with E-state index in [1.165, 1.54) is 5.56 Å². The number of aliphatic hydroxyl groups is 1. The first-order valence-corrected chi connectivity index (χ1v) is 8.84. The topological polar surface area (TPSA) is 62.7 Å². The highest BCUT2D eigenvalue weighted by Gasteiger charge is 2.17. The van der Waals surface area contributed by atoms with Gasteiger partial charge in [0, 0.05) is 37.5 Å². The van der Waals surface area contributed by atoms with Crippen LogP contribution < -0.4 is 4.74 Å². The van der Waals surface area contributed by atoms with Crippen LogP contribution in [-0.4, -0.2) is 47.2 Å². The Hall–Kier alpha value is -2.40. The van der Waals surface area contributed by atoms with Crippen molar-refractivity contribution >= 4 is 5.91 Å². The van der Waals surface area contributed by atoms with Crippen LogP contribution in [0, 0.1) is 0 Å². The Labute approximate surface area is 148 Å². The first-order valence-electron chi connectivity index (χ1n) is 8.84. The smallest absolute Gasteiger partial charge is 0.255 e. The van der Waals surface area contributed by atoms with E-state index in [1.807, 2.05) is 18.2 Å². The zero-order valence-corrected chi connectivity index (χ0v) is 14.6. The maximum absolute atomic E-state index is 12.8. The number of ether oxygens (including phenoxy) is 1. The monoisotopic (exact) mass is 340 g/mol. The first kappa shape index (κ1) is 17.4. The van der Waals surface area contributed by atoms with Gasteiger partial charge < -0.3 is 14.7 Å². The van der Waals surface area contributed by atoms with Crippen LogP contribution in [0.1, 0.15) is 35.7 Å². The third kappa shape index (κ3) is 3.99. The minimum absolute atomic E-state index is 0.0343. The second-order valence-electron chi connectivity index (χ2n) is 6.25. The molecule has 1 amide bonds. The molecule has 0 unspecified atom stereocenters. The van der Waals surface area contributed by atoms with Gasteiger partial charge in [0.05, 0.1) is 18.8 Å². The number of pyridine rings is 1. The number of unbranched alkanes of at least 4 members (excludes halogenated alkanes) is 1.